The average molecular weight is 475 g/mol. The molecule has 3 aliphatic carbocycles. The molecule has 0 spiro atoms. The van der Waals surface area contributed by atoms with Crippen LogP contribution in [-0.2, 0) is 0 Å². The molecule has 0 aromatic carbocycles. The molecular weight excluding hydrogens is 434 g/mol. The number of hydrogen-bond donors (Lipinski definition) is 0. The van der Waals surface area contributed by atoms with Crippen molar-refractivity contribution in [3.8, 4) is 0 Å². The Morgan fingerprint density at radius 3 is 1.40 bits per heavy atom. The van der Waals surface area contributed by atoms with Gasteiger partial charge in [-0.1, -0.05) is 47.9 Å². The first-order chi connectivity index (χ1) is 12.4. The minimum atomic E-state index is -0.799. The Hall–Kier alpha value is 0.900. The average Bonchev–Trinajstić information content (AvgIpc) is 2.70. The first-order valence-corrected chi connectivity index (χ1v) is 14.9. The van der Waals surface area contributed by atoms with Crippen molar-refractivity contribution in [1.29, 1.82) is 0 Å². The SMILES string of the molecule is I/C=C/CCC[P+](C1CCCCC1)(C1CCCCC1)C1CCCCC1. The predicted octanol–water partition coefficient (Wildman–Crippen LogP) is 8.73. The van der Waals surface area contributed by atoms with Gasteiger partial charge in [-0.15, -0.1) is 0 Å². The van der Waals surface area contributed by atoms with Crippen molar-refractivity contribution >= 4 is 29.9 Å². The third-order valence-corrected chi connectivity index (χ3v) is 15.0. The number of hydrogen-bond acceptors (Lipinski definition) is 0. The molecule has 3 aliphatic rings. The second kappa shape index (κ2) is 11.0. The van der Waals surface area contributed by atoms with Crippen LogP contribution in [0.1, 0.15) is 109 Å². The summed E-state index contributed by atoms with van der Waals surface area (Å²) in [6, 6.07) is 0. The van der Waals surface area contributed by atoms with E-state index < -0.39 is 7.26 Å². The van der Waals surface area contributed by atoms with Gasteiger partial charge in [0.2, 0.25) is 0 Å². The Kier molecular flexibility index (Phi) is 9.11. The Balaban J connectivity index is 1.85. The van der Waals surface area contributed by atoms with Gasteiger partial charge < -0.3 is 0 Å². The van der Waals surface area contributed by atoms with Crippen LogP contribution in [0.2, 0.25) is 0 Å². The van der Waals surface area contributed by atoms with Crippen molar-refractivity contribution in [3.05, 3.63) is 10.2 Å². The highest BCUT2D eigenvalue weighted by atomic mass is 127. The van der Waals surface area contributed by atoms with Crippen LogP contribution >= 0.6 is 29.9 Å². The lowest BCUT2D eigenvalue weighted by atomic mass is 9.99. The number of allylic oxidation sites excluding steroid dienone is 1. The monoisotopic (exact) mass is 475 g/mol. The lowest BCUT2D eigenvalue weighted by Gasteiger charge is -2.49. The van der Waals surface area contributed by atoms with Gasteiger partial charge in [0, 0.05) is 7.26 Å². The van der Waals surface area contributed by atoms with E-state index in [1.54, 1.807) is 83.2 Å². The van der Waals surface area contributed by atoms with Crippen molar-refractivity contribution in [2.75, 3.05) is 6.16 Å². The maximum Gasteiger partial charge on any atom is 0.0703 e. The molecular formula is C23H41IP+. The van der Waals surface area contributed by atoms with Crippen LogP contribution in [0.25, 0.3) is 0 Å². The van der Waals surface area contributed by atoms with E-state index in [1.807, 2.05) is 0 Å². The Morgan fingerprint density at radius 1 is 0.640 bits per heavy atom. The zero-order valence-corrected chi connectivity index (χ0v) is 19.5. The van der Waals surface area contributed by atoms with Gasteiger partial charge in [0.1, 0.15) is 0 Å². The molecule has 144 valence electrons. The predicted molar refractivity (Wildman–Crippen MR) is 125 cm³/mol. The third-order valence-electron chi connectivity index (χ3n) is 7.77. The van der Waals surface area contributed by atoms with Crippen molar-refractivity contribution in [2.45, 2.75) is 126 Å². The van der Waals surface area contributed by atoms with Gasteiger partial charge in [0.05, 0.1) is 23.1 Å². The standard InChI is InChI=1S/C23H41IP/c24-19-11-4-12-20-25(21-13-5-1-6-14-21,22-15-7-2-8-16-22)23-17-9-3-10-18-23/h11,19,21-23H,1-10,12-18,20H2/q+1/b19-11+. The molecule has 3 fully saturated rings. The first-order valence-electron chi connectivity index (χ1n) is 11.5. The summed E-state index contributed by atoms with van der Waals surface area (Å²) >= 11 is 2.41. The highest BCUT2D eigenvalue weighted by Crippen LogP contribution is 2.77. The van der Waals surface area contributed by atoms with Crippen molar-refractivity contribution in [1.82, 2.24) is 0 Å². The van der Waals surface area contributed by atoms with E-state index in [-0.39, 0.29) is 0 Å². The maximum atomic E-state index is 2.43. The summed E-state index contributed by atoms with van der Waals surface area (Å²) in [5.41, 5.74) is 3.53. The van der Waals surface area contributed by atoms with Gasteiger partial charge in [-0.3, -0.25) is 0 Å². The normalized spacial score (nSPS) is 25.6. The highest BCUT2D eigenvalue weighted by Gasteiger charge is 2.56. The minimum Gasteiger partial charge on any atom is -0.0783 e. The zero-order valence-electron chi connectivity index (χ0n) is 16.4. The van der Waals surface area contributed by atoms with Crippen LogP contribution in [0.5, 0.6) is 0 Å². The highest BCUT2D eigenvalue weighted by molar-refractivity contribution is 14.1. The van der Waals surface area contributed by atoms with Crippen LogP contribution in [0, 0.1) is 0 Å². The molecule has 0 atom stereocenters. The van der Waals surface area contributed by atoms with Crippen LogP contribution in [-0.4, -0.2) is 23.1 Å². The summed E-state index contributed by atoms with van der Waals surface area (Å²) in [7, 11) is -0.799. The largest absolute Gasteiger partial charge is 0.0783 e. The quantitative estimate of drug-likeness (QED) is 0.196. The molecule has 0 aromatic heterocycles. The molecule has 0 amide bonds. The van der Waals surface area contributed by atoms with Gasteiger partial charge in [-0.05, 0) is 94.0 Å². The molecule has 3 rings (SSSR count). The van der Waals surface area contributed by atoms with Gasteiger partial charge in [-0.25, -0.2) is 0 Å². The molecule has 0 bridgehead atoms. The fourth-order valence-electron chi connectivity index (χ4n) is 6.67. The van der Waals surface area contributed by atoms with Gasteiger partial charge in [-0.2, -0.15) is 0 Å². The van der Waals surface area contributed by atoms with Crippen LogP contribution < -0.4 is 0 Å². The van der Waals surface area contributed by atoms with Crippen LogP contribution in [0.15, 0.2) is 10.2 Å². The van der Waals surface area contributed by atoms with Crippen molar-refractivity contribution < 1.29 is 0 Å². The molecule has 0 saturated heterocycles. The van der Waals surface area contributed by atoms with E-state index in [0.29, 0.717) is 0 Å². The second-order valence-corrected chi connectivity index (χ2v) is 14.4. The van der Waals surface area contributed by atoms with E-state index in [4.69, 9.17) is 0 Å². The summed E-state index contributed by atoms with van der Waals surface area (Å²) in [4.78, 5) is 0. The maximum absolute atomic E-state index is 2.43. The summed E-state index contributed by atoms with van der Waals surface area (Å²) in [5.74, 6) is 0. The lowest BCUT2D eigenvalue weighted by molar-refractivity contribution is 0.450. The van der Waals surface area contributed by atoms with E-state index in [1.165, 1.54) is 49.1 Å². The molecule has 0 unspecified atom stereocenters. The van der Waals surface area contributed by atoms with Gasteiger partial charge >= 0.3 is 0 Å². The van der Waals surface area contributed by atoms with Gasteiger partial charge in [0.25, 0.3) is 0 Å². The molecule has 0 aliphatic heterocycles. The Labute approximate surface area is 171 Å². The molecule has 0 aromatic rings. The molecule has 0 heterocycles. The molecule has 2 heteroatoms. The van der Waals surface area contributed by atoms with Crippen LogP contribution in [0.4, 0.5) is 0 Å². The summed E-state index contributed by atoms with van der Waals surface area (Å²) in [5, 5.41) is 0. The van der Waals surface area contributed by atoms with Crippen molar-refractivity contribution in [2.24, 2.45) is 0 Å². The lowest BCUT2D eigenvalue weighted by Crippen LogP contribution is -2.37. The molecule has 0 N–H and O–H groups in total. The molecule has 0 nitrogen and oxygen atoms in total. The molecule has 25 heavy (non-hydrogen) atoms. The van der Waals surface area contributed by atoms with Crippen LogP contribution in [0.3, 0.4) is 0 Å². The topological polar surface area (TPSA) is 0 Å². The molecule has 0 radical (unpaired) electrons. The zero-order chi connectivity index (χ0) is 17.4. The first kappa shape index (κ1) is 20.6. The minimum absolute atomic E-state index is 0.799. The van der Waals surface area contributed by atoms with E-state index in [2.05, 4.69) is 32.7 Å². The number of rotatable bonds is 7. The fraction of sp³-hybridized carbons (Fsp3) is 0.913. The van der Waals surface area contributed by atoms with Gasteiger partial charge in [0.15, 0.2) is 0 Å². The summed E-state index contributed by atoms with van der Waals surface area (Å²) in [6.45, 7) is 0. The third kappa shape index (κ3) is 5.24. The van der Waals surface area contributed by atoms with E-state index in [0.717, 1.165) is 0 Å². The number of unbranched alkanes of at least 4 members (excludes halogenated alkanes) is 1. The fourth-order valence-corrected chi connectivity index (χ4v) is 14.6. The number of halogens is 1. The van der Waals surface area contributed by atoms with E-state index >= 15 is 0 Å². The Bertz CT molecular complexity index is 341. The summed E-state index contributed by atoms with van der Waals surface area (Å²) in [6.07, 6.45) is 30.5. The van der Waals surface area contributed by atoms with Crippen molar-refractivity contribution in [3.63, 3.8) is 0 Å². The summed E-state index contributed by atoms with van der Waals surface area (Å²) < 4.78 is 2.25. The second-order valence-electron chi connectivity index (χ2n) is 9.10. The smallest absolute Gasteiger partial charge is 0.0703 e. The van der Waals surface area contributed by atoms with E-state index in [9.17, 15) is 0 Å². The Morgan fingerprint density at radius 2 is 1.04 bits per heavy atom. The molecule has 3 saturated carbocycles.